The molecule has 0 radical (unpaired) electrons. The van der Waals surface area contributed by atoms with Gasteiger partial charge in [0.25, 0.3) is 15.6 Å². The molecule has 20 heavy (non-hydrogen) atoms. The number of hydrogen-bond acceptors (Lipinski definition) is 5. The Morgan fingerprint density at radius 1 is 1.30 bits per heavy atom. The molecule has 2 rings (SSSR count). The standard InChI is InChI=1S/C10H9ClN4O4S/c1-5-6(2-3-8(11)13-5)15-20(18,19)7-4-12-10(17)14-9(7)16/h2-4,15H,1H3,(H2,12,14,16,17). The van der Waals surface area contributed by atoms with E-state index in [0.29, 0.717) is 5.69 Å². The van der Waals surface area contributed by atoms with Crippen LogP contribution in [0.5, 0.6) is 0 Å². The summed E-state index contributed by atoms with van der Waals surface area (Å²) < 4.78 is 26.3. The van der Waals surface area contributed by atoms with Crippen LogP contribution in [0.1, 0.15) is 5.69 Å². The van der Waals surface area contributed by atoms with Gasteiger partial charge in [-0.2, -0.15) is 0 Å². The molecule has 8 nitrogen and oxygen atoms in total. The van der Waals surface area contributed by atoms with Crippen LogP contribution in [0.4, 0.5) is 5.69 Å². The van der Waals surface area contributed by atoms with Gasteiger partial charge in [-0.05, 0) is 19.1 Å². The summed E-state index contributed by atoms with van der Waals surface area (Å²) in [5.41, 5.74) is -1.28. The quantitative estimate of drug-likeness (QED) is 0.699. The SMILES string of the molecule is Cc1nc(Cl)ccc1NS(=O)(=O)c1c[nH]c(=O)[nH]c1=O. The average Bonchev–Trinajstić information content (AvgIpc) is 2.32. The first-order valence-corrected chi connectivity index (χ1v) is 7.14. The Hall–Kier alpha value is -2.13. The number of aromatic amines is 2. The van der Waals surface area contributed by atoms with E-state index in [2.05, 4.69) is 14.7 Å². The molecule has 2 heterocycles. The molecule has 0 unspecified atom stereocenters. The summed E-state index contributed by atoms with van der Waals surface area (Å²) >= 11 is 5.66. The fourth-order valence-electron chi connectivity index (χ4n) is 1.44. The molecular formula is C10H9ClN4O4S. The van der Waals surface area contributed by atoms with Crippen molar-refractivity contribution >= 4 is 27.3 Å². The van der Waals surface area contributed by atoms with Crippen LogP contribution in [0, 0.1) is 6.92 Å². The van der Waals surface area contributed by atoms with Crippen molar-refractivity contribution in [2.45, 2.75) is 11.8 Å². The molecule has 0 fully saturated rings. The number of H-pyrrole nitrogens is 2. The minimum Gasteiger partial charge on any atom is -0.313 e. The van der Waals surface area contributed by atoms with Crippen molar-refractivity contribution in [2.24, 2.45) is 0 Å². The lowest BCUT2D eigenvalue weighted by Crippen LogP contribution is -2.29. The van der Waals surface area contributed by atoms with Crippen LogP contribution in [0.2, 0.25) is 5.15 Å². The number of rotatable bonds is 3. The molecule has 0 aromatic carbocycles. The average molecular weight is 317 g/mol. The normalized spacial score (nSPS) is 11.3. The van der Waals surface area contributed by atoms with E-state index in [1.54, 1.807) is 6.92 Å². The van der Waals surface area contributed by atoms with Crippen molar-refractivity contribution in [2.75, 3.05) is 4.72 Å². The van der Waals surface area contributed by atoms with Crippen LogP contribution in [0.25, 0.3) is 0 Å². The fraction of sp³-hybridized carbons (Fsp3) is 0.100. The molecule has 0 aliphatic carbocycles. The molecule has 0 saturated carbocycles. The van der Waals surface area contributed by atoms with Crippen molar-refractivity contribution < 1.29 is 8.42 Å². The van der Waals surface area contributed by atoms with Gasteiger partial charge in [0.2, 0.25) is 0 Å². The number of nitrogens with zero attached hydrogens (tertiary/aromatic N) is 1. The maximum atomic E-state index is 12.1. The highest BCUT2D eigenvalue weighted by Gasteiger charge is 2.20. The smallest absolute Gasteiger partial charge is 0.313 e. The van der Waals surface area contributed by atoms with Gasteiger partial charge in [0.05, 0.1) is 11.4 Å². The first-order chi connectivity index (χ1) is 9.29. The Morgan fingerprint density at radius 2 is 2.00 bits per heavy atom. The number of sulfonamides is 1. The summed E-state index contributed by atoms with van der Waals surface area (Å²) in [6.07, 6.45) is 0.822. The van der Waals surface area contributed by atoms with Gasteiger partial charge < -0.3 is 4.98 Å². The van der Waals surface area contributed by atoms with Crippen LogP contribution in [0.15, 0.2) is 32.8 Å². The molecule has 0 spiro atoms. The zero-order valence-electron chi connectivity index (χ0n) is 10.1. The van der Waals surface area contributed by atoms with E-state index in [1.807, 2.05) is 4.98 Å². The number of hydrogen-bond donors (Lipinski definition) is 3. The highest BCUT2D eigenvalue weighted by molar-refractivity contribution is 7.92. The molecule has 10 heteroatoms. The van der Waals surface area contributed by atoms with Crippen molar-refractivity contribution in [3.63, 3.8) is 0 Å². The predicted molar refractivity (Wildman–Crippen MR) is 72.5 cm³/mol. The summed E-state index contributed by atoms with van der Waals surface area (Å²) in [6, 6.07) is 2.82. The summed E-state index contributed by atoms with van der Waals surface area (Å²) in [4.78, 5) is 29.6. The number of halogens is 1. The highest BCUT2D eigenvalue weighted by atomic mass is 35.5. The Morgan fingerprint density at radius 3 is 2.60 bits per heavy atom. The monoisotopic (exact) mass is 316 g/mol. The summed E-state index contributed by atoms with van der Waals surface area (Å²) in [6.45, 7) is 1.56. The zero-order chi connectivity index (χ0) is 14.9. The molecule has 3 N–H and O–H groups in total. The molecule has 106 valence electrons. The van der Waals surface area contributed by atoms with Crippen LogP contribution in [-0.2, 0) is 10.0 Å². The Kier molecular flexibility index (Phi) is 3.64. The van der Waals surface area contributed by atoms with Crippen LogP contribution < -0.4 is 16.0 Å². The van der Waals surface area contributed by atoms with Gasteiger partial charge in [0.15, 0.2) is 4.90 Å². The number of pyridine rings is 1. The molecule has 0 aliphatic heterocycles. The molecule has 0 saturated heterocycles. The van der Waals surface area contributed by atoms with E-state index in [-0.39, 0.29) is 10.8 Å². The predicted octanol–water partition coefficient (Wildman–Crippen LogP) is 0.221. The first kappa shape index (κ1) is 14.3. The van der Waals surface area contributed by atoms with Crippen molar-refractivity contribution in [1.29, 1.82) is 0 Å². The van der Waals surface area contributed by atoms with Gasteiger partial charge >= 0.3 is 5.69 Å². The molecular weight excluding hydrogens is 308 g/mol. The topological polar surface area (TPSA) is 125 Å². The van der Waals surface area contributed by atoms with E-state index >= 15 is 0 Å². The van der Waals surface area contributed by atoms with Crippen molar-refractivity contribution in [1.82, 2.24) is 15.0 Å². The maximum Gasteiger partial charge on any atom is 0.325 e. The maximum absolute atomic E-state index is 12.1. The van der Waals surface area contributed by atoms with Crippen molar-refractivity contribution in [3.05, 3.63) is 50.0 Å². The van der Waals surface area contributed by atoms with Crippen LogP contribution in [-0.4, -0.2) is 23.4 Å². The van der Waals surface area contributed by atoms with E-state index in [9.17, 15) is 18.0 Å². The highest BCUT2D eigenvalue weighted by Crippen LogP contribution is 2.18. The lowest BCUT2D eigenvalue weighted by Gasteiger charge is -2.09. The van der Waals surface area contributed by atoms with Gasteiger partial charge in [-0.3, -0.25) is 14.5 Å². The minimum atomic E-state index is -4.14. The number of aryl methyl sites for hydroxylation is 1. The van der Waals surface area contributed by atoms with Gasteiger partial charge in [0, 0.05) is 6.20 Å². The second-order valence-corrected chi connectivity index (χ2v) is 5.85. The third-order valence-electron chi connectivity index (χ3n) is 2.37. The van der Waals surface area contributed by atoms with E-state index in [0.717, 1.165) is 6.20 Å². The molecule has 2 aromatic rings. The van der Waals surface area contributed by atoms with E-state index < -0.39 is 26.2 Å². The molecule has 0 amide bonds. The summed E-state index contributed by atoms with van der Waals surface area (Å²) in [7, 11) is -4.14. The Labute approximate surface area is 117 Å². The lowest BCUT2D eigenvalue weighted by molar-refractivity contribution is 0.599. The Balaban J connectivity index is 2.46. The minimum absolute atomic E-state index is 0.181. The van der Waals surface area contributed by atoms with Gasteiger partial charge in [-0.1, -0.05) is 11.6 Å². The lowest BCUT2D eigenvalue weighted by atomic mass is 10.3. The molecule has 0 aliphatic rings. The van der Waals surface area contributed by atoms with Crippen LogP contribution in [0.3, 0.4) is 0 Å². The van der Waals surface area contributed by atoms with E-state index in [4.69, 9.17) is 11.6 Å². The number of anilines is 1. The first-order valence-electron chi connectivity index (χ1n) is 5.27. The summed E-state index contributed by atoms with van der Waals surface area (Å²) in [5.74, 6) is 0. The van der Waals surface area contributed by atoms with Gasteiger partial charge in [0.1, 0.15) is 5.15 Å². The number of aromatic nitrogens is 3. The van der Waals surface area contributed by atoms with Gasteiger partial charge in [-0.25, -0.2) is 18.2 Å². The second kappa shape index (κ2) is 5.10. The van der Waals surface area contributed by atoms with Crippen molar-refractivity contribution in [3.8, 4) is 0 Å². The molecule has 0 bridgehead atoms. The molecule has 2 aromatic heterocycles. The van der Waals surface area contributed by atoms with E-state index in [1.165, 1.54) is 12.1 Å². The second-order valence-electron chi connectivity index (χ2n) is 3.81. The largest absolute Gasteiger partial charge is 0.325 e. The third-order valence-corrected chi connectivity index (χ3v) is 3.95. The summed E-state index contributed by atoms with van der Waals surface area (Å²) in [5, 5.41) is 0.215. The third kappa shape index (κ3) is 2.89. The number of nitrogens with one attached hydrogen (secondary N) is 3. The fourth-order valence-corrected chi connectivity index (χ4v) is 2.75. The zero-order valence-corrected chi connectivity index (χ0v) is 11.7. The Bertz CT molecular complexity index is 871. The van der Waals surface area contributed by atoms with Gasteiger partial charge in [-0.15, -0.1) is 0 Å². The molecule has 0 atom stereocenters. The van der Waals surface area contributed by atoms with Crippen LogP contribution >= 0.6 is 11.6 Å².